The summed E-state index contributed by atoms with van der Waals surface area (Å²) in [6.07, 6.45) is 1.35. The van der Waals surface area contributed by atoms with Crippen molar-refractivity contribution in [3.05, 3.63) is 18.2 Å². The predicted molar refractivity (Wildman–Crippen MR) is 97.4 cm³/mol. The van der Waals surface area contributed by atoms with Crippen LogP contribution in [0.3, 0.4) is 0 Å². The minimum absolute atomic E-state index is 0. The lowest BCUT2D eigenvalue weighted by Crippen LogP contribution is -2.43. The van der Waals surface area contributed by atoms with Gasteiger partial charge in [0.25, 0.3) is 0 Å². The third-order valence-corrected chi connectivity index (χ3v) is 4.19. The molecule has 0 unspecified atom stereocenters. The van der Waals surface area contributed by atoms with E-state index in [1.54, 1.807) is 25.3 Å². The van der Waals surface area contributed by atoms with E-state index in [1.165, 1.54) is 0 Å². The molecule has 2 rings (SSSR count). The van der Waals surface area contributed by atoms with Crippen LogP contribution in [0.15, 0.2) is 18.2 Å². The van der Waals surface area contributed by atoms with E-state index in [0.717, 1.165) is 0 Å². The second kappa shape index (κ2) is 8.78. The van der Waals surface area contributed by atoms with Crippen LogP contribution in [-0.2, 0) is 9.59 Å². The van der Waals surface area contributed by atoms with Gasteiger partial charge in [-0.3, -0.25) is 9.59 Å². The summed E-state index contributed by atoms with van der Waals surface area (Å²) in [7, 11) is 1.57. The monoisotopic (exact) mass is 355 g/mol. The van der Waals surface area contributed by atoms with Gasteiger partial charge in [0.2, 0.25) is 11.8 Å². The highest BCUT2D eigenvalue weighted by atomic mass is 35.5. The fourth-order valence-corrected chi connectivity index (χ4v) is 2.73. The summed E-state index contributed by atoms with van der Waals surface area (Å²) in [4.78, 5) is 26.2. The quantitative estimate of drug-likeness (QED) is 0.813. The molecule has 24 heavy (non-hydrogen) atoms. The van der Waals surface area contributed by atoms with Crippen LogP contribution in [0.1, 0.15) is 26.7 Å². The van der Waals surface area contributed by atoms with Crippen molar-refractivity contribution in [2.45, 2.75) is 26.7 Å². The lowest BCUT2D eigenvalue weighted by atomic mass is 9.95. The zero-order valence-electron chi connectivity index (χ0n) is 14.4. The van der Waals surface area contributed by atoms with E-state index in [0.29, 0.717) is 43.1 Å². The summed E-state index contributed by atoms with van der Waals surface area (Å²) in [5.41, 5.74) is 6.96. The molecule has 6 nitrogen and oxygen atoms in total. The van der Waals surface area contributed by atoms with Crippen LogP contribution >= 0.6 is 12.4 Å². The number of nitrogens with one attached hydrogen (secondary N) is 1. The van der Waals surface area contributed by atoms with Crippen molar-refractivity contribution in [2.75, 3.05) is 31.2 Å². The van der Waals surface area contributed by atoms with Crippen molar-refractivity contribution in [1.29, 1.82) is 0 Å². The topological polar surface area (TPSA) is 84.7 Å². The molecular weight excluding hydrogens is 330 g/mol. The number of piperidine rings is 1. The van der Waals surface area contributed by atoms with E-state index in [1.807, 2.05) is 18.7 Å². The van der Waals surface area contributed by atoms with E-state index < -0.39 is 0 Å². The Balaban J connectivity index is 0.00000288. The predicted octanol–water partition coefficient (Wildman–Crippen LogP) is 2.53. The Morgan fingerprint density at radius 2 is 1.92 bits per heavy atom. The number of amides is 2. The maximum absolute atomic E-state index is 12.4. The van der Waals surface area contributed by atoms with Gasteiger partial charge in [-0.15, -0.1) is 12.4 Å². The highest BCUT2D eigenvalue weighted by Crippen LogP contribution is 2.26. The van der Waals surface area contributed by atoms with Crippen molar-refractivity contribution in [1.82, 2.24) is 4.90 Å². The highest BCUT2D eigenvalue weighted by molar-refractivity contribution is 5.95. The Morgan fingerprint density at radius 3 is 2.46 bits per heavy atom. The number of ether oxygens (including phenoxy) is 1. The molecule has 0 saturated carbocycles. The zero-order chi connectivity index (χ0) is 17.0. The number of halogens is 1. The Kier molecular flexibility index (Phi) is 7.35. The maximum atomic E-state index is 12.4. The highest BCUT2D eigenvalue weighted by Gasteiger charge is 2.28. The Hall–Kier alpha value is -1.95. The van der Waals surface area contributed by atoms with Crippen molar-refractivity contribution in [3.8, 4) is 5.75 Å². The van der Waals surface area contributed by atoms with Gasteiger partial charge in [0.1, 0.15) is 5.75 Å². The molecular formula is C17H26ClN3O3. The molecule has 7 heteroatoms. The van der Waals surface area contributed by atoms with Crippen LogP contribution in [0.2, 0.25) is 0 Å². The molecule has 1 aliphatic rings. The van der Waals surface area contributed by atoms with Crippen LogP contribution in [0.25, 0.3) is 0 Å². The van der Waals surface area contributed by atoms with Crippen LogP contribution in [0.4, 0.5) is 11.4 Å². The van der Waals surface area contributed by atoms with Gasteiger partial charge in [-0.05, 0) is 25.0 Å². The molecule has 0 atom stereocenters. The number of carbonyl (C=O) groups is 2. The van der Waals surface area contributed by atoms with Crippen molar-refractivity contribution >= 4 is 35.6 Å². The summed E-state index contributed by atoms with van der Waals surface area (Å²) in [5, 5.41) is 2.87. The van der Waals surface area contributed by atoms with Gasteiger partial charge >= 0.3 is 0 Å². The number of nitrogens with zero attached hydrogens (tertiary/aromatic N) is 1. The number of hydrogen-bond acceptors (Lipinski definition) is 4. The first-order valence-corrected chi connectivity index (χ1v) is 7.95. The molecule has 0 radical (unpaired) electrons. The molecule has 134 valence electrons. The average molecular weight is 356 g/mol. The third-order valence-electron chi connectivity index (χ3n) is 4.19. The summed E-state index contributed by atoms with van der Waals surface area (Å²) < 4.78 is 5.15. The van der Waals surface area contributed by atoms with Gasteiger partial charge in [0, 0.05) is 31.0 Å². The third kappa shape index (κ3) is 4.77. The molecule has 0 bridgehead atoms. The SMILES string of the molecule is COc1ccc(N)c(NC(=O)C2CCN(C(=O)C(C)C)CC2)c1.Cl. The number of methoxy groups -OCH3 is 1. The minimum atomic E-state index is -0.100. The molecule has 1 aliphatic heterocycles. The summed E-state index contributed by atoms with van der Waals surface area (Å²) >= 11 is 0. The summed E-state index contributed by atoms with van der Waals surface area (Å²) in [6, 6.07) is 5.17. The van der Waals surface area contributed by atoms with Gasteiger partial charge in [0.15, 0.2) is 0 Å². The van der Waals surface area contributed by atoms with Gasteiger partial charge in [-0.2, -0.15) is 0 Å². The molecule has 2 amide bonds. The number of carbonyl (C=O) groups excluding carboxylic acids is 2. The maximum Gasteiger partial charge on any atom is 0.227 e. The molecule has 1 saturated heterocycles. The zero-order valence-corrected chi connectivity index (χ0v) is 15.2. The molecule has 0 aliphatic carbocycles. The Bertz CT molecular complexity index is 584. The number of rotatable bonds is 4. The van der Waals surface area contributed by atoms with Crippen LogP contribution in [0.5, 0.6) is 5.75 Å². The van der Waals surface area contributed by atoms with Crippen molar-refractivity contribution in [3.63, 3.8) is 0 Å². The lowest BCUT2D eigenvalue weighted by molar-refractivity contribution is -0.137. The Labute approximate surface area is 149 Å². The van der Waals surface area contributed by atoms with Crippen LogP contribution in [-0.4, -0.2) is 36.9 Å². The molecule has 1 fully saturated rings. The van der Waals surface area contributed by atoms with Crippen molar-refractivity contribution in [2.24, 2.45) is 11.8 Å². The normalized spacial score (nSPS) is 14.9. The van der Waals surface area contributed by atoms with Crippen molar-refractivity contribution < 1.29 is 14.3 Å². The lowest BCUT2D eigenvalue weighted by Gasteiger charge is -2.32. The summed E-state index contributed by atoms with van der Waals surface area (Å²) in [5.74, 6) is 0.642. The van der Waals surface area contributed by atoms with Gasteiger partial charge in [-0.25, -0.2) is 0 Å². The fourth-order valence-electron chi connectivity index (χ4n) is 2.73. The minimum Gasteiger partial charge on any atom is -0.497 e. The first-order valence-electron chi connectivity index (χ1n) is 7.95. The number of likely N-dealkylation sites (tertiary alicyclic amines) is 1. The molecule has 1 aromatic carbocycles. The van der Waals surface area contributed by atoms with E-state index >= 15 is 0 Å². The second-order valence-corrected chi connectivity index (χ2v) is 6.20. The van der Waals surface area contributed by atoms with Gasteiger partial charge in [0.05, 0.1) is 18.5 Å². The van der Waals surface area contributed by atoms with Gasteiger partial charge in [-0.1, -0.05) is 13.8 Å². The molecule has 1 heterocycles. The summed E-state index contributed by atoms with van der Waals surface area (Å²) in [6.45, 7) is 5.05. The standard InChI is InChI=1S/C17H25N3O3.ClH/c1-11(2)17(22)20-8-6-12(7-9-20)16(21)19-15-10-13(23-3)4-5-14(15)18;/h4-5,10-12H,6-9,18H2,1-3H3,(H,19,21);1H. The van der Waals surface area contributed by atoms with Gasteiger partial charge < -0.3 is 20.7 Å². The smallest absolute Gasteiger partial charge is 0.227 e. The van der Waals surface area contributed by atoms with Crippen LogP contribution < -0.4 is 15.8 Å². The van der Waals surface area contributed by atoms with E-state index in [9.17, 15) is 9.59 Å². The first-order chi connectivity index (χ1) is 10.9. The molecule has 3 N–H and O–H groups in total. The number of hydrogen-bond donors (Lipinski definition) is 2. The average Bonchev–Trinajstić information content (AvgIpc) is 2.56. The number of benzene rings is 1. The van der Waals surface area contributed by atoms with E-state index in [2.05, 4.69) is 5.32 Å². The number of nitrogen functional groups attached to an aromatic ring is 1. The largest absolute Gasteiger partial charge is 0.497 e. The van der Waals surface area contributed by atoms with E-state index in [4.69, 9.17) is 10.5 Å². The number of nitrogens with two attached hydrogens (primary N) is 1. The number of anilines is 2. The second-order valence-electron chi connectivity index (χ2n) is 6.20. The van der Waals surface area contributed by atoms with Crippen LogP contribution in [0, 0.1) is 11.8 Å². The fraction of sp³-hybridized carbons (Fsp3) is 0.529. The first kappa shape index (κ1) is 20.1. The molecule has 0 spiro atoms. The van der Waals surface area contributed by atoms with E-state index in [-0.39, 0.29) is 36.1 Å². The Morgan fingerprint density at radius 1 is 1.29 bits per heavy atom. The molecule has 0 aromatic heterocycles. The molecule has 1 aromatic rings.